The molecule has 2 rings (SSSR count). The van der Waals surface area contributed by atoms with Crippen LogP contribution in [0.25, 0.3) is 5.69 Å². The van der Waals surface area contributed by atoms with Gasteiger partial charge in [-0.2, -0.15) is 0 Å². The Bertz CT molecular complexity index is 685. The molecule has 2 aromatic rings. The van der Waals surface area contributed by atoms with Crippen LogP contribution >= 0.6 is 23.2 Å². The maximum Gasteiger partial charge on any atom is 0.334 e. The summed E-state index contributed by atoms with van der Waals surface area (Å²) in [5.41, 5.74) is -2.38. The Morgan fingerprint density at radius 3 is 2.33 bits per heavy atom. The molecule has 1 aromatic carbocycles. The Labute approximate surface area is 108 Å². The van der Waals surface area contributed by atoms with Crippen molar-refractivity contribution in [3.63, 3.8) is 0 Å². The number of nitrogens with one attached hydrogen (secondary N) is 1. The molecule has 8 heteroatoms. The number of aromatic amines is 1. The van der Waals surface area contributed by atoms with Crippen molar-refractivity contribution in [1.82, 2.24) is 9.55 Å². The molecule has 1 heterocycles. The molecule has 0 spiro atoms. The van der Waals surface area contributed by atoms with E-state index in [-0.39, 0.29) is 5.15 Å². The summed E-state index contributed by atoms with van der Waals surface area (Å²) < 4.78 is 26.9. The second kappa shape index (κ2) is 4.55. The molecular weight excluding hydrogens is 289 g/mol. The van der Waals surface area contributed by atoms with Gasteiger partial charge < -0.3 is 0 Å². The molecule has 0 bridgehead atoms. The van der Waals surface area contributed by atoms with Crippen molar-refractivity contribution in [3.05, 3.63) is 60.8 Å². The van der Waals surface area contributed by atoms with Gasteiger partial charge in [0.15, 0.2) is 5.82 Å². The highest BCUT2D eigenvalue weighted by molar-refractivity contribution is 6.32. The third kappa shape index (κ3) is 2.16. The van der Waals surface area contributed by atoms with E-state index >= 15 is 0 Å². The second-order valence-corrected chi connectivity index (χ2v) is 4.13. The zero-order chi connectivity index (χ0) is 13.4. The molecule has 4 nitrogen and oxygen atoms in total. The Kier molecular flexibility index (Phi) is 3.23. The Morgan fingerprint density at radius 2 is 1.78 bits per heavy atom. The molecule has 0 aliphatic heterocycles. The summed E-state index contributed by atoms with van der Waals surface area (Å²) in [5, 5.41) is -0.595. The first-order valence-electron chi connectivity index (χ1n) is 4.57. The molecular formula is C10H4Cl2F2N2O2. The van der Waals surface area contributed by atoms with Gasteiger partial charge in [0.1, 0.15) is 16.7 Å². The monoisotopic (exact) mass is 292 g/mol. The van der Waals surface area contributed by atoms with Crippen LogP contribution in [0.5, 0.6) is 0 Å². The quantitative estimate of drug-likeness (QED) is 0.819. The largest absolute Gasteiger partial charge is 0.334 e. The first-order chi connectivity index (χ1) is 8.40. The maximum atomic E-state index is 13.6. The average Bonchev–Trinajstić information content (AvgIpc) is 2.20. The summed E-state index contributed by atoms with van der Waals surface area (Å²) in [6, 6.07) is 2.18. The normalized spacial score (nSPS) is 10.7. The number of benzene rings is 1. The van der Waals surface area contributed by atoms with Gasteiger partial charge in [-0.25, -0.2) is 18.1 Å². The summed E-state index contributed by atoms with van der Waals surface area (Å²) in [7, 11) is 0. The molecule has 18 heavy (non-hydrogen) atoms. The average molecular weight is 293 g/mol. The fourth-order valence-electron chi connectivity index (χ4n) is 1.43. The SMILES string of the molecule is O=c1cc(Cl)[nH]c(=O)n1-c1c(F)cc(F)cc1Cl. The number of H-pyrrole nitrogens is 1. The van der Waals surface area contributed by atoms with E-state index < -0.39 is 33.6 Å². The molecule has 0 saturated carbocycles. The van der Waals surface area contributed by atoms with Gasteiger partial charge in [0, 0.05) is 12.1 Å². The first-order valence-corrected chi connectivity index (χ1v) is 5.32. The molecule has 0 radical (unpaired) electrons. The first kappa shape index (κ1) is 12.8. The van der Waals surface area contributed by atoms with E-state index in [4.69, 9.17) is 23.2 Å². The fraction of sp³-hybridized carbons (Fsp3) is 0. The Morgan fingerprint density at radius 1 is 1.11 bits per heavy atom. The number of rotatable bonds is 1. The topological polar surface area (TPSA) is 54.9 Å². The highest BCUT2D eigenvalue weighted by Crippen LogP contribution is 2.22. The van der Waals surface area contributed by atoms with Gasteiger partial charge >= 0.3 is 5.69 Å². The van der Waals surface area contributed by atoms with Crippen molar-refractivity contribution in [2.75, 3.05) is 0 Å². The lowest BCUT2D eigenvalue weighted by atomic mass is 10.3. The van der Waals surface area contributed by atoms with Crippen LogP contribution in [0.3, 0.4) is 0 Å². The molecule has 0 atom stereocenters. The third-order valence-electron chi connectivity index (χ3n) is 2.11. The van der Waals surface area contributed by atoms with Crippen LogP contribution < -0.4 is 11.2 Å². The van der Waals surface area contributed by atoms with Crippen LogP contribution in [-0.4, -0.2) is 9.55 Å². The lowest BCUT2D eigenvalue weighted by Crippen LogP contribution is -2.33. The van der Waals surface area contributed by atoms with Gasteiger partial charge in [-0.05, 0) is 6.07 Å². The van der Waals surface area contributed by atoms with Crippen molar-refractivity contribution < 1.29 is 8.78 Å². The molecule has 1 N–H and O–H groups in total. The number of hydrogen-bond donors (Lipinski definition) is 1. The number of halogens is 4. The molecule has 0 unspecified atom stereocenters. The molecule has 0 aliphatic rings. The van der Waals surface area contributed by atoms with Crippen LogP contribution in [0, 0.1) is 11.6 Å². The predicted molar refractivity (Wildman–Crippen MR) is 62.6 cm³/mol. The summed E-state index contributed by atoms with van der Waals surface area (Å²) in [4.78, 5) is 25.2. The molecule has 0 fully saturated rings. The lowest BCUT2D eigenvalue weighted by Gasteiger charge is -2.08. The maximum absolute atomic E-state index is 13.6. The minimum absolute atomic E-state index is 0.195. The van der Waals surface area contributed by atoms with Crippen LogP contribution in [0.1, 0.15) is 0 Å². The van der Waals surface area contributed by atoms with Crippen molar-refractivity contribution in [3.8, 4) is 5.69 Å². The Balaban J connectivity index is 2.87. The van der Waals surface area contributed by atoms with Crippen LogP contribution in [0.15, 0.2) is 27.8 Å². The van der Waals surface area contributed by atoms with Gasteiger partial charge in [0.2, 0.25) is 0 Å². The van der Waals surface area contributed by atoms with Crippen molar-refractivity contribution in [1.29, 1.82) is 0 Å². The van der Waals surface area contributed by atoms with Gasteiger partial charge in [-0.3, -0.25) is 9.78 Å². The smallest absolute Gasteiger partial charge is 0.297 e. The van der Waals surface area contributed by atoms with E-state index in [1.54, 1.807) is 0 Å². The predicted octanol–water partition coefficient (Wildman–Crippen LogP) is 2.11. The summed E-state index contributed by atoms with van der Waals surface area (Å²) in [5.74, 6) is -2.05. The van der Waals surface area contributed by atoms with Gasteiger partial charge in [0.05, 0.1) is 5.02 Å². The van der Waals surface area contributed by atoms with E-state index in [0.717, 1.165) is 12.1 Å². The van der Waals surface area contributed by atoms with E-state index in [1.807, 2.05) is 0 Å². The zero-order valence-electron chi connectivity index (χ0n) is 8.51. The van der Waals surface area contributed by atoms with E-state index in [0.29, 0.717) is 10.6 Å². The van der Waals surface area contributed by atoms with Gasteiger partial charge in [0.25, 0.3) is 5.56 Å². The van der Waals surface area contributed by atoms with Crippen LogP contribution in [-0.2, 0) is 0 Å². The molecule has 1 aromatic heterocycles. The highest BCUT2D eigenvalue weighted by Gasteiger charge is 2.16. The van der Waals surface area contributed by atoms with E-state index in [1.165, 1.54) is 0 Å². The summed E-state index contributed by atoms with van der Waals surface area (Å²) in [6.45, 7) is 0. The van der Waals surface area contributed by atoms with E-state index in [9.17, 15) is 18.4 Å². The molecule has 0 amide bonds. The van der Waals surface area contributed by atoms with Crippen molar-refractivity contribution in [2.24, 2.45) is 0 Å². The molecule has 0 aliphatic carbocycles. The number of nitrogens with zero attached hydrogens (tertiary/aromatic N) is 1. The summed E-state index contributed by atoms with van der Waals surface area (Å²) >= 11 is 11.1. The van der Waals surface area contributed by atoms with Crippen LogP contribution in [0.4, 0.5) is 8.78 Å². The highest BCUT2D eigenvalue weighted by atomic mass is 35.5. The minimum atomic E-state index is -1.13. The van der Waals surface area contributed by atoms with Gasteiger partial charge in [-0.15, -0.1) is 0 Å². The Hall–Kier alpha value is -1.66. The fourth-order valence-corrected chi connectivity index (χ4v) is 1.88. The lowest BCUT2D eigenvalue weighted by molar-refractivity contribution is 0.574. The van der Waals surface area contributed by atoms with Crippen LogP contribution in [0.2, 0.25) is 10.2 Å². The zero-order valence-corrected chi connectivity index (χ0v) is 10.0. The van der Waals surface area contributed by atoms with Gasteiger partial charge in [-0.1, -0.05) is 23.2 Å². The van der Waals surface area contributed by atoms with Crippen molar-refractivity contribution in [2.45, 2.75) is 0 Å². The molecule has 0 saturated heterocycles. The minimum Gasteiger partial charge on any atom is -0.297 e. The standard InChI is InChI=1S/C10H4Cl2F2N2O2/c11-5-1-4(13)2-6(14)9(5)16-8(17)3-7(12)15-10(16)18/h1-3H,(H,15,18). The third-order valence-corrected chi connectivity index (χ3v) is 2.60. The number of hydrogen-bond acceptors (Lipinski definition) is 2. The number of aromatic nitrogens is 2. The summed E-state index contributed by atoms with van der Waals surface area (Å²) in [6.07, 6.45) is 0. The molecule has 94 valence electrons. The van der Waals surface area contributed by atoms with E-state index in [2.05, 4.69) is 4.98 Å². The second-order valence-electron chi connectivity index (χ2n) is 3.31. The van der Waals surface area contributed by atoms with Crippen molar-refractivity contribution >= 4 is 23.2 Å².